The lowest BCUT2D eigenvalue weighted by Gasteiger charge is -2.24. The predicted octanol–water partition coefficient (Wildman–Crippen LogP) is 3.19. The number of amides is 3. The molecule has 0 aliphatic heterocycles. The average molecular weight is 377 g/mol. The number of benzene rings is 2. The number of terminal acetylenes is 1. The third-order valence-electron chi connectivity index (χ3n) is 4.40. The fraction of sp³-hybridized carbons (Fsp3) is 0.304. The number of carbonyl (C=O) groups is 2. The van der Waals surface area contributed by atoms with E-state index < -0.39 is 0 Å². The number of hydrogen-bond acceptors (Lipinski definition) is 2. The van der Waals surface area contributed by atoms with Crippen LogP contribution >= 0.6 is 0 Å². The van der Waals surface area contributed by atoms with Gasteiger partial charge in [-0.3, -0.25) is 4.79 Å². The summed E-state index contributed by atoms with van der Waals surface area (Å²) in [7, 11) is 0. The summed E-state index contributed by atoms with van der Waals surface area (Å²) < 4.78 is 0. The van der Waals surface area contributed by atoms with Gasteiger partial charge in [-0.05, 0) is 25.0 Å². The van der Waals surface area contributed by atoms with E-state index in [1.165, 1.54) is 4.90 Å². The van der Waals surface area contributed by atoms with Gasteiger partial charge in [-0.1, -0.05) is 66.1 Å². The number of rotatable bonds is 8. The van der Waals surface area contributed by atoms with Crippen LogP contribution in [0.5, 0.6) is 0 Å². The van der Waals surface area contributed by atoms with Gasteiger partial charge < -0.3 is 15.1 Å². The molecule has 0 aromatic heterocycles. The molecule has 146 valence electrons. The lowest BCUT2D eigenvalue weighted by molar-refractivity contribution is -0.130. The number of likely N-dealkylation sites (N-methyl/N-ethyl adjacent to an activating group) is 1. The van der Waals surface area contributed by atoms with Crippen molar-refractivity contribution in [3.05, 3.63) is 71.3 Å². The molecule has 3 amide bonds. The highest BCUT2D eigenvalue weighted by molar-refractivity contribution is 5.84. The van der Waals surface area contributed by atoms with Gasteiger partial charge in [0.2, 0.25) is 5.91 Å². The number of nitrogens with one attached hydrogen (secondary N) is 1. The number of aryl methyl sites for hydroxylation is 1. The minimum absolute atomic E-state index is 0.0610. The van der Waals surface area contributed by atoms with Crippen LogP contribution in [-0.2, 0) is 17.9 Å². The number of hydrogen-bond donors (Lipinski definition) is 1. The van der Waals surface area contributed by atoms with Crippen LogP contribution in [0.4, 0.5) is 4.79 Å². The van der Waals surface area contributed by atoms with E-state index in [4.69, 9.17) is 6.42 Å². The summed E-state index contributed by atoms with van der Waals surface area (Å²) in [5, 5.41) is 2.70. The Morgan fingerprint density at radius 1 is 0.964 bits per heavy atom. The van der Waals surface area contributed by atoms with Crippen LogP contribution in [0.3, 0.4) is 0 Å². The Balaban J connectivity index is 1.92. The van der Waals surface area contributed by atoms with Gasteiger partial charge in [0, 0.05) is 19.6 Å². The van der Waals surface area contributed by atoms with Crippen molar-refractivity contribution < 1.29 is 9.59 Å². The number of nitrogens with zero attached hydrogens (tertiary/aromatic N) is 2. The summed E-state index contributed by atoms with van der Waals surface area (Å²) >= 11 is 0. The molecule has 1 N–H and O–H groups in total. The Morgan fingerprint density at radius 2 is 1.57 bits per heavy atom. The largest absolute Gasteiger partial charge is 0.337 e. The predicted molar refractivity (Wildman–Crippen MR) is 111 cm³/mol. The molecule has 0 spiro atoms. The molecule has 28 heavy (non-hydrogen) atoms. The third-order valence-corrected chi connectivity index (χ3v) is 4.40. The van der Waals surface area contributed by atoms with Crippen LogP contribution in [0, 0.1) is 19.3 Å². The molecule has 2 aromatic rings. The first kappa shape index (κ1) is 21.0. The maximum absolute atomic E-state index is 12.5. The molecule has 0 heterocycles. The molecule has 0 bridgehead atoms. The monoisotopic (exact) mass is 377 g/mol. The van der Waals surface area contributed by atoms with E-state index in [9.17, 15) is 9.59 Å². The minimum atomic E-state index is -0.345. The molecular weight excluding hydrogens is 350 g/mol. The van der Waals surface area contributed by atoms with Crippen molar-refractivity contribution in [2.75, 3.05) is 19.6 Å². The van der Waals surface area contributed by atoms with E-state index in [0.717, 1.165) is 16.7 Å². The van der Waals surface area contributed by atoms with Gasteiger partial charge in [0.25, 0.3) is 0 Å². The fourth-order valence-electron chi connectivity index (χ4n) is 2.78. The zero-order chi connectivity index (χ0) is 20.4. The van der Waals surface area contributed by atoms with Gasteiger partial charge >= 0.3 is 6.03 Å². The highest BCUT2D eigenvalue weighted by Crippen LogP contribution is 2.08. The van der Waals surface area contributed by atoms with Crippen LogP contribution in [0.1, 0.15) is 23.6 Å². The van der Waals surface area contributed by atoms with Crippen molar-refractivity contribution >= 4 is 11.9 Å². The molecular formula is C23H27N3O2. The molecule has 0 radical (unpaired) electrons. The molecule has 2 aromatic carbocycles. The molecule has 0 unspecified atom stereocenters. The van der Waals surface area contributed by atoms with E-state index in [2.05, 4.69) is 11.2 Å². The average Bonchev–Trinajstić information content (AvgIpc) is 2.72. The first-order valence-corrected chi connectivity index (χ1v) is 9.37. The zero-order valence-corrected chi connectivity index (χ0v) is 16.5. The van der Waals surface area contributed by atoms with E-state index in [1.54, 1.807) is 4.90 Å². The van der Waals surface area contributed by atoms with Crippen molar-refractivity contribution in [3.63, 3.8) is 0 Å². The smallest absolute Gasteiger partial charge is 0.318 e. The summed E-state index contributed by atoms with van der Waals surface area (Å²) in [5.74, 6) is 2.38. The molecule has 5 heteroatoms. The van der Waals surface area contributed by atoms with Gasteiger partial charge in [-0.15, -0.1) is 6.42 Å². The Bertz CT molecular complexity index is 810. The van der Waals surface area contributed by atoms with Crippen LogP contribution in [-0.4, -0.2) is 41.4 Å². The van der Waals surface area contributed by atoms with Gasteiger partial charge in [0.15, 0.2) is 0 Å². The molecule has 5 nitrogen and oxygen atoms in total. The van der Waals surface area contributed by atoms with Crippen molar-refractivity contribution in [1.29, 1.82) is 0 Å². The third kappa shape index (κ3) is 6.48. The summed E-state index contributed by atoms with van der Waals surface area (Å²) in [5.41, 5.74) is 3.19. The Hall–Kier alpha value is -3.26. The Morgan fingerprint density at radius 3 is 2.18 bits per heavy atom. The van der Waals surface area contributed by atoms with E-state index in [-0.39, 0.29) is 25.0 Å². The minimum Gasteiger partial charge on any atom is -0.337 e. The lowest BCUT2D eigenvalue weighted by atomic mass is 10.1. The zero-order valence-electron chi connectivity index (χ0n) is 16.5. The van der Waals surface area contributed by atoms with Crippen molar-refractivity contribution in [1.82, 2.24) is 15.1 Å². The highest BCUT2D eigenvalue weighted by atomic mass is 16.2. The second-order valence-electron chi connectivity index (χ2n) is 6.60. The van der Waals surface area contributed by atoms with Crippen LogP contribution in [0.15, 0.2) is 54.6 Å². The summed E-state index contributed by atoms with van der Waals surface area (Å²) in [6.45, 7) is 5.53. The summed E-state index contributed by atoms with van der Waals surface area (Å²) in [4.78, 5) is 28.3. The van der Waals surface area contributed by atoms with E-state index in [0.29, 0.717) is 19.6 Å². The van der Waals surface area contributed by atoms with E-state index in [1.807, 2.05) is 68.4 Å². The standard InChI is InChI=1S/C23H27N3O2/c1-4-15-26(18-21-13-11-19(3)12-14-21)23(28)24-16-22(27)25(5-2)17-20-9-7-6-8-10-20/h1,6-14H,5,15-18H2,2-3H3,(H,24,28). The normalized spacial score (nSPS) is 10.0. The highest BCUT2D eigenvalue weighted by Gasteiger charge is 2.17. The molecule has 0 saturated carbocycles. The maximum atomic E-state index is 12.5. The SMILES string of the molecule is C#CCN(Cc1ccc(C)cc1)C(=O)NCC(=O)N(CC)Cc1ccccc1. The number of carbonyl (C=O) groups excluding carboxylic acids is 2. The topological polar surface area (TPSA) is 52.7 Å². The summed E-state index contributed by atoms with van der Waals surface area (Å²) in [6.07, 6.45) is 5.41. The summed E-state index contributed by atoms with van der Waals surface area (Å²) in [6, 6.07) is 17.4. The lowest BCUT2D eigenvalue weighted by Crippen LogP contribution is -2.45. The first-order chi connectivity index (χ1) is 13.5. The quantitative estimate of drug-likeness (QED) is 0.719. The molecule has 0 atom stereocenters. The molecule has 0 fully saturated rings. The fourth-order valence-corrected chi connectivity index (χ4v) is 2.78. The van der Waals surface area contributed by atoms with Crippen molar-refractivity contribution in [3.8, 4) is 12.3 Å². The van der Waals surface area contributed by atoms with Gasteiger partial charge in [-0.2, -0.15) is 0 Å². The molecule has 0 aliphatic carbocycles. The second kappa shape index (κ2) is 10.8. The number of urea groups is 1. The first-order valence-electron chi connectivity index (χ1n) is 9.37. The molecule has 0 saturated heterocycles. The van der Waals surface area contributed by atoms with Gasteiger partial charge in [0.1, 0.15) is 0 Å². The van der Waals surface area contributed by atoms with Crippen molar-refractivity contribution in [2.24, 2.45) is 0 Å². The Kier molecular flexibility index (Phi) is 8.11. The van der Waals surface area contributed by atoms with Gasteiger partial charge in [-0.25, -0.2) is 4.79 Å². The van der Waals surface area contributed by atoms with Crippen LogP contribution in [0.2, 0.25) is 0 Å². The molecule has 2 rings (SSSR count). The van der Waals surface area contributed by atoms with Crippen LogP contribution < -0.4 is 5.32 Å². The maximum Gasteiger partial charge on any atom is 0.318 e. The second-order valence-corrected chi connectivity index (χ2v) is 6.60. The molecule has 0 aliphatic rings. The van der Waals surface area contributed by atoms with E-state index >= 15 is 0 Å². The van der Waals surface area contributed by atoms with Gasteiger partial charge in [0.05, 0.1) is 13.1 Å². The Labute approximate surface area is 167 Å². The van der Waals surface area contributed by atoms with Crippen molar-refractivity contribution in [2.45, 2.75) is 26.9 Å². The van der Waals surface area contributed by atoms with Crippen LogP contribution in [0.25, 0.3) is 0 Å².